The molecule has 140 valence electrons. The van der Waals surface area contributed by atoms with Gasteiger partial charge < -0.3 is 14.6 Å². The van der Waals surface area contributed by atoms with Gasteiger partial charge in [-0.2, -0.15) is 16.3 Å². The summed E-state index contributed by atoms with van der Waals surface area (Å²) in [6.45, 7) is -0.163. The summed E-state index contributed by atoms with van der Waals surface area (Å²) in [5.74, 6) is -0.253. The van der Waals surface area contributed by atoms with Crippen molar-refractivity contribution in [2.45, 2.75) is 6.61 Å². The maximum atomic E-state index is 12.5. The molecule has 0 bridgehead atoms. The summed E-state index contributed by atoms with van der Waals surface area (Å²) in [6, 6.07) is 12.1. The van der Waals surface area contributed by atoms with E-state index in [1.54, 1.807) is 35.7 Å². The fourth-order valence-corrected chi connectivity index (χ4v) is 3.67. The highest BCUT2D eigenvalue weighted by Gasteiger charge is 2.17. The average molecular weight is 411 g/mol. The Hall–Kier alpha value is -3.30. The Morgan fingerprint density at radius 3 is 2.79 bits per heavy atom. The molecule has 7 nitrogen and oxygen atoms in total. The Bertz CT molecular complexity index is 1090. The van der Waals surface area contributed by atoms with E-state index in [0.717, 1.165) is 4.88 Å². The number of aromatic nitrogens is 2. The van der Waals surface area contributed by atoms with Crippen molar-refractivity contribution in [2.75, 3.05) is 5.32 Å². The molecular formula is C19H13N3O4S2. The average Bonchev–Trinajstić information content (AvgIpc) is 3.48. The van der Waals surface area contributed by atoms with Crippen molar-refractivity contribution in [2.24, 2.45) is 0 Å². The number of hydrogen-bond donors (Lipinski definition) is 1. The van der Waals surface area contributed by atoms with Gasteiger partial charge in [-0.3, -0.25) is 4.79 Å². The highest BCUT2D eigenvalue weighted by Crippen LogP contribution is 2.22. The highest BCUT2D eigenvalue weighted by molar-refractivity contribution is 7.13. The van der Waals surface area contributed by atoms with Gasteiger partial charge >= 0.3 is 5.97 Å². The van der Waals surface area contributed by atoms with Crippen LogP contribution in [0.5, 0.6) is 0 Å². The van der Waals surface area contributed by atoms with Gasteiger partial charge in [-0.15, -0.1) is 11.3 Å². The minimum Gasteiger partial charge on any atom is -0.452 e. The molecular weight excluding hydrogens is 398 g/mol. The zero-order chi connectivity index (χ0) is 19.3. The van der Waals surface area contributed by atoms with Crippen molar-refractivity contribution in [3.8, 4) is 10.7 Å². The highest BCUT2D eigenvalue weighted by atomic mass is 32.1. The van der Waals surface area contributed by atoms with E-state index in [9.17, 15) is 9.59 Å². The first-order chi connectivity index (χ1) is 13.7. The van der Waals surface area contributed by atoms with E-state index >= 15 is 0 Å². The third-order valence-corrected chi connectivity index (χ3v) is 5.26. The van der Waals surface area contributed by atoms with Crippen LogP contribution in [0.25, 0.3) is 10.7 Å². The topological polar surface area (TPSA) is 94.3 Å². The molecule has 4 aromatic rings. The quantitative estimate of drug-likeness (QED) is 0.471. The maximum absolute atomic E-state index is 12.5. The van der Waals surface area contributed by atoms with Crippen LogP contribution in [-0.4, -0.2) is 22.0 Å². The number of nitrogens with one attached hydrogen (secondary N) is 1. The Kier molecular flexibility index (Phi) is 5.27. The SMILES string of the molecule is O=C(Nc1ccccc1C(=O)OCc1nc(-c2cccs2)no1)c1ccsc1. The summed E-state index contributed by atoms with van der Waals surface area (Å²) in [6.07, 6.45) is 0. The van der Waals surface area contributed by atoms with Gasteiger partial charge in [-0.25, -0.2) is 4.79 Å². The van der Waals surface area contributed by atoms with Gasteiger partial charge in [0.1, 0.15) is 0 Å². The van der Waals surface area contributed by atoms with Gasteiger partial charge in [-0.1, -0.05) is 23.4 Å². The summed E-state index contributed by atoms with van der Waals surface area (Å²) >= 11 is 2.91. The fourth-order valence-electron chi connectivity index (χ4n) is 2.38. The molecule has 3 heterocycles. The molecule has 0 aliphatic heterocycles. The molecule has 1 amide bonds. The lowest BCUT2D eigenvalue weighted by Crippen LogP contribution is -2.15. The smallest absolute Gasteiger partial charge is 0.340 e. The number of carbonyl (C=O) groups is 2. The van der Waals surface area contributed by atoms with Crippen molar-refractivity contribution in [3.05, 3.63) is 75.6 Å². The molecule has 0 atom stereocenters. The van der Waals surface area contributed by atoms with Crippen molar-refractivity contribution < 1.29 is 18.8 Å². The van der Waals surface area contributed by atoms with E-state index in [1.165, 1.54) is 22.7 Å². The lowest BCUT2D eigenvalue weighted by molar-refractivity contribution is 0.0431. The molecule has 0 aliphatic rings. The zero-order valence-electron chi connectivity index (χ0n) is 14.3. The van der Waals surface area contributed by atoms with E-state index in [4.69, 9.17) is 9.26 Å². The lowest BCUT2D eigenvalue weighted by atomic mass is 10.1. The molecule has 0 unspecified atom stereocenters. The second-order valence-corrected chi connectivity index (χ2v) is 7.30. The van der Waals surface area contributed by atoms with Crippen LogP contribution >= 0.6 is 22.7 Å². The molecule has 0 saturated carbocycles. The lowest BCUT2D eigenvalue weighted by Gasteiger charge is -2.09. The molecule has 0 aliphatic carbocycles. The van der Waals surface area contributed by atoms with Crippen molar-refractivity contribution in [1.29, 1.82) is 0 Å². The summed E-state index contributed by atoms with van der Waals surface area (Å²) in [5, 5.41) is 12.1. The van der Waals surface area contributed by atoms with Crippen LogP contribution in [-0.2, 0) is 11.3 Å². The number of rotatable bonds is 6. The minimum atomic E-state index is -0.600. The number of ether oxygens (including phenoxy) is 1. The van der Waals surface area contributed by atoms with E-state index in [-0.39, 0.29) is 24.0 Å². The number of esters is 1. The molecule has 28 heavy (non-hydrogen) atoms. The van der Waals surface area contributed by atoms with E-state index in [1.807, 2.05) is 22.9 Å². The second-order valence-electron chi connectivity index (χ2n) is 5.58. The van der Waals surface area contributed by atoms with Crippen LogP contribution in [0.1, 0.15) is 26.6 Å². The predicted octanol–water partition coefficient (Wildman–Crippen LogP) is 4.47. The van der Waals surface area contributed by atoms with Crippen LogP contribution in [0.3, 0.4) is 0 Å². The summed E-state index contributed by atoms with van der Waals surface area (Å²) in [4.78, 5) is 29.8. The number of hydrogen-bond acceptors (Lipinski definition) is 8. The number of para-hydroxylation sites is 1. The molecule has 0 spiro atoms. The first-order valence-corrected chi connectivity index (χ1v) is 9.99. The van der Waals surface area contributed by atoms with Crippen LogP contribution in [0.2, 0.25) is 0 Å². The Morgan fingerprint density at radius 1 is 1.11 bits per heavy atom. The van der Waals surface area contributed by atoms with Crippen LogP contribution in [0, 0.1) is 0 Å². The first-order valence-electron chi connectivity index (χ1n) is 8.17. The fraction of sp³-hybridized carbons (Fsp3) is 0.0526. The predicted molar refractivity (Wildman–Crippen MR) is 105 cm³/mol. The summed E-state index contributed by atoms with van der Waals surface area (Å²) in [7, 11) is 0. The van der Waals surface area contributed by atoms with E-state index in [2.05, 4.69) is 15.5 Å². The second kappa shape index (κ2) is 8.15. The number of anilines is 1. The summed E-state index contributed by atoms with van der Waals surface area (Å²) < 4.78 is 10.4. The van der Waals surface area contributed by atoms with Crippen molar-refractivity contribution in [3.63, 3.8) is 0 Å². The first kappa shape index (κ1) is 18.1. The Balaban J connectivity index is 1.43. The molecule has 3 aromatic heterocycles. The zero-order valence-corrected chi connectivity index (χ0v) is 16.0. The molecule has 1 aromatic carbocycles. The van der Waals surface area contributed by atoms with Crippen LogP contribution < -0.4 is 5.32 Å². The maximum Gasteiger partial charge on any atom is 0.340 e. The van der Waals surface area contributed by atoms with Gasteiger partial charge in [0.15, 0.2) is 6.61 Å². The van der Waals surface area contributed by atoms with Crippen molar-refractivity contribution in [1.82, 2.24) is 10.1 Å². The Morgan fingerprint density at radius 2 is 2.00 bits per heavy atom. The molecule has 9 heteroatoms. The third-order valence-electron chi connectivity index (χ3n) is 3.71. The Labute approximate surface area is 167 Å². The number of amides is 1. The van der Waals surface area contributed by atoms with Gasteiger partial charge in [-0.05, 0) is 35.0 Å². The van der Waals surface area contributed by atoms with Gasteiger partial charge in [0, 0.05) is 5.38 Å². The molecule has 4 rings (SSSR count). The van der Waals surface area contributed by atoms with Crippen molar-refractivity contribution >= 4 is 40.2 Å². The van der Waals surface area contributed by atoms with Gasteiger partial charge in [0.25, 0.3) is 11.8 Å². The normalized spacial score (nSPS) is 10.6. The third kappa shape index (κ3) is 4.00. The molecule has 1 N–H and O–H groups in total. The number of benzene rings is 1. The standard InChI is InChI=1S/C19H13N3O4S2/c23-18(12-7-9-27-11-12)20-14-5-2-1-4-13(14)19(24)25-10-16-21-17(22-26-16)15-6-3-8-28-15/h1-9,11H,10H2,(H,20,23). The number of nitrogens with zero attached hydrogens (tertiary/aromatic N) is 2. The molecule has 0 radical (unpaired) electrons. The van der Waals surface area contributed by atoms with E-state index in [0.29, 0.717) is 17.1 Å². The van der Waals surface area contributed by atoms with Crippen LogP contribution in [0.4, 0.5) is 5.69 Å². The monoisotopic (exact) mass is 411 g/mol. The van der Waals surface area contributed by atoms with Gasteiger partial charge in [0.05, 0.1) is 21.7 Å². The number of thiophene rings is 2. The number of carbonyl (C=O) groups excluding carboxylic acids is 2. The van der Waals surface area contributed by atoms with Gasteiger partial charge in [0.2, 0.25) is 5.82 Å². The molecule has 0 saturated heterocycles. The van der Waals surface area contributed by atoms with Crippen LogP contribution in [0.15, 0.2) is 63.1 Å². The molecule has 0 fully saturated rings. The van der Waals surface area contributed by atoms with E-state index < -0.39 is 5.97 Å². The summed E-state index contributed by atoms with van der Waals surface area (Å²) in [5.41, 5.74) is 1.14. The minimum absolute atomic E-state index is 0.163. The largest absolute Gasteiger partial charge is 0.452 e.